The van der Waals surface area contributed by atoms with Crippen molar-refractivity contribution >= 4 is 44.0 Å². The van der Waals surface area contributed by atoms with Crippen molar-refractivity contribution < 1.29 is 0 Å². The molecule has 0 amide bonds. The van der Waals surface area contributed by atoms with Crippen molar-refractivity contribution in [2.24, 2.45) is 0 Å². The molecule has 4 heteroatoms. The summed E-state index contributed by atoms with van der Waals surface area (Å²) in [6.45, 7) is 6.74. The fraction of sp³-hybridized carbons (Fsp3) is 0.125. The van der Waals surface area contributed by atoms with Crippen molar-refractivity contribution in [3.05, 3.63) is 109 Å². The monoisotopic (exact) mass is 466 g/mol. The van der Waals surface area contributed by atoms with Gasteiger partial charge >= 0.3 is 0 Å². The average molecular weight is 467 g/mol. The number of aromatic nitrogens is 4. The van der Waals surface area contributed by atoms with Crippen LogP contribution in [-0.4, -0.2) is 19.1 Å². The van der Waals surface area contributed by atoms with E-state index >= 15 is 0 Å². The summed E-state index contributed by atoms with van der Waals surface area (Å²) in [5.41, 5.74) is 8.66. The highest BCUT2D eigenvalue weighted by Gasteiger charge is 2.20. The smallest absolute Gasteiger partial charge is 0.149 e. The van der Waals surface area contributed by atoms with Crippen LogP contribution in [0.15, 0.2) is 103 Å². The highest BCUT2D eigenvalue weighted by Crippen LogP contribution is 2.37. The van der Waals surface area contributed by atoms with Gasteiger partial charge in [-0.15, -0.1) is 0 Å². The Hall–Kier alpha value is -4.44. The van der Waals surface area contributed by atoms with Gasteiger partial charge in [-0.3, -0.25) is 14.1 Å². The number of para-hydroxylation sites is 2. The van der Waals surface area contributed by atoms with Crippen molar-refractivity contribution in [3.8, 4) is 11.4 Å². The number of pyridine rings is 2. The third-order valence-electron chi connectivity index (χ3n) is 7.13. The van der Waals surface area contributed by atoms with Gasteiger partial charge in [0.15, 0.2) is 0 Å². The molecule has 174 valence electrons. The number of benzene rings is 3. The Kier molecular flexibility index (Phi) is 4.37. The van der Waals surface area contributed by atoms with Gasteiger partial charge < -0.3 is 0 Å². The molecule has 0 radical (unpaired) electrons. The minimum absolute atomic E-state index is 0.105. The third kappa shape index (κ3) is 3.01. The second kappa shape index (κ2) is 7.53. The topological polar surface area (TPSA) is 35.6 Å². The summed E-state index contributed by atoms with van der Waals surface area (Å²) in [6.07, 6.45) is 1.86. The molecule has 4 heterocycles. The molecule has 4 aromatic heterocycles. The molecule has 3 aromatic carbocycles. The minimum atomic E-state index is 0.105. The van der Waals surface area contributed by atoms with Gasteiger partial charge in [-0.2, -0.15) is 0 Å². The van der Waals surface area contributed by atoms with E-state index < -0.39 is 0 Å². The summed E-state index contributed by atoms with van der Waals surface area (Å²) in [5.74, 6) is 0. The summed E-state index contributed by atoms with van der Waals surface area (Å²) < 4.78 is 4.51. The lowest BCUT2D eigenvalue weighted by molar-refractivity contribution is 0.590. The van der Waals surface area contributed by atoms with Gasteiger partial charge in [0.2, 0.25) is 0 Å². The first-order valence-electron chi connectivity index (χ1n) is 12.4. The van der Waals surface area contributed by atoms with E-state index in [0.717, 1.165) is 50.0 Å². The molecule has 36 heavy (non-hydrogen) atoms. The zero-order valence-corrected chi connectivity index (χ0v) is 20.6. The standard InChI is InChI=1S/C32H26N4/c1-32(2,3)21-15-17-23(18-16-21)35-27-13-8-7-12-24(27)25-20-26-29-28(14-9-19-33-29)36(31(26)34-30(25)35)22-10-5-4-6-11-22/h4-20H,1-3H3. The predicted molar refractivity (Wildman–Crippen MR) is 149 cm³/mol. The fourth-order valence-electron chi connectivity index (χ4n) is 5.33. The normalized spacial score (nSPS) is 12.3. The van der Waals surface area contributed by atoms with E-state index in [1.54, 1.807) is 0 Å². The molecule has 0 saturated heterocycles. The highest BCUT2D eigenvalue weighted by atomic mass is 15.1. The zero-order valence-electron chi connectivity index (χ0n) is 20.6. The van der Waals surface area contributed by atoms with Crippen molar-refractivity contribution in [1.29, 1.82) is 0 Å². The van der Waals surface area contributed by atoms with Gasteiger partial charge in [0, 0.05) is 33.7 Å². The zero-order chi connectivity index (χ0) is 24.4. The van der Waals surface area contributed by atoms with Crippen molar-refractivity contribution in [2.75, 3.05) is 0 Å². The van der Waals surface area contributed by atoms with E-state index in [1.165, 1.54) is 10.9 Å². The van der Waals surface area contributed by atoms with Gasteiger partial charge in [0.25, 0.3) is 0 Å². The SMILES string of the molecule is CC(C)(C)c1ccc(-n2c3ccccc3c3cc4c5ncccc5n(-c5ccccc5)c4nc32)cc1. The Morgan fingerprint density at radius 2 is 1.22 bits per heavy atom. The van der Waals surface area contributed by atoms with Gasteiger partial charge in [-0.05, 0) is 59.5 Å². The Balaban J connectivity index is 1.61. The van der Waals surface area contributed by atoms with E-state index in [1.807, 2.05) is 18.3 Å². The highest BCUT2D eigenvalue weighted by molar-refractivity contribution is 6.15. The molecule has 0 saturated carbocycles. The first-order chi connectivity index (χ1) is 17.5. The van der Waals surface area contributed by atoms with Crippen LogP contribution < -0.4 is 0 Å². The van der Waals surface area contributed by atoms with E-state index in [-0.39, 0.29) is 5.41 Å². The first-order valence-corrected chi connectivity index (χ1v) is 12.4. The Labute approximate surface area is 209 Å². The van der Waals surface area contributed by atoms with Crippen LogP contribution >= 0.6 is 0 Å². The average Bonchev–Trinajstić information content (AvgIpc) is 3.40. The van der Waals surface area contributed by atoms with Crippen LogP contribution in [0.3, 0.4) is 0 Å². The molecule has 0 aliphatic carbocycles. The molecule has 7 rings (SSSR count). The summed E-state index contributed by atoms with van der Waals surface area (Å²) >= 11 is 0. The number of nitrogens with zero attached hydrogens (tertiary/aromatic N) is 4. The van der Waals surface area contributed by atoms with Crippen LogP contribution in [0, 0.1) is 0 Å². The number of hydrogen-bond donors (Lipinski definition) is 0. The van der Waals surface area contributed by atoms with Gasteiger partial charge in [-0.25, -0.2) is 4.98 Å². The molecule has 0 bridgehead atoms. The van der Waals surface area contributed by atoms with Gasteiger partial charge in [-0.1, -0.05) is 69.3 Å². The second-order valence-electron chi connectivity index (χ2n) is 10.4. The maximum absolute atomic E-state index is 5.36. The fourth-order valence-corrected chi connectivity index (χ4v) is 5.33. The van der Waals surface area contributed by atoms with Gasteiger partial charge in [0.1, 0.15) is 11.3 Å². The Morgan fingerprint density at radius 1 is 0.583 bits per heavy atom. The van der Waals surface area contributed by atoms with Crippen LogP contribution in [0.1, 0.15) is 26.3 Å². The van der Waals surface area contributed by atoms with Crippen molar-refractivity contribution in [3.63, 3.8) is 0 Å². The molecule has 0 N–H and O–H groups in total. The Morgan fingerprint density at radius 3 is 2.00 bits per heavy atom. The molecule has 0 fully saturated rings. The first kappa shape index (κ1) is 20.9. The second-order valence-corrected chi connectivity index (χ2v) is 10.4. The summed E-state index contributed by atoms with van der Waals surface area (Å²) in [4.78, 5) is 10.1. The summed E-state index contributed by atoms with van der Waals surface area (Å²) in [6, 6.07) is 34.3. The third-order valence-corrected chi connectivity index (χ3v) is 7.13. The molecule has 0 atom stereocenters. The van der Waals surface area contributed by atoms with Crippen LogP contribution in [-0.2, 0) is 5.41 Å². The maximum atomic E-state index is 5.36. The number of rotatable bonds is 2. The Bertz CT molecular complexity index is 1900. The molecule has 0 aliphatic rings. The lowest BCUT2D eigenvalue weighted by Gasteiger charge is -2.19. The molecule has 0 spiro atoms. The number of fused-ring (bicyclic) bond motifs is 6. The molecule has 0 unspecified atom stereocenters. The minimum Gasteiger partial charge on any atom is -0.294 e. The van der Waals surface area contributed by atoms with E-state index in [9.17, 15) is 0 Å². The maximum Gasteiger partial charge on any atom is 0.149 e. The molecule has 4 nitrogen and oxygen atoms in total. The van der Waals surface area contributed by atoms with Crippen molar-refractivity contribution in [1.82, 2.24) is 19.1 Å². The van der Waals surface area contributed by atoms with E-state index in [2.05, 4.69) is 115 Å². The van der Waals surface area contributed by atoms with E-state index in [4.69, 9.17) is 9.97 Å². The molecule has 0 aliphatic heterocycles. The van der Waals surface area contributed by atoms with Crippen LogP contribution in [0.4, 0.5) is 0 Å². The van der Waals surface area contributed by atoms with Crippen LogP contribution in [0.5, 0.6) is 0 Å². The molecular weight excluding hydrogens is 440 g/mol. The van der Waals surface area contributed by atoms with Crippen molar-refractivity contribution in [2.45, 2.75) is 26.2 Å². The molecule has 7 aromatic rings. The van der Waals surface area contributed by atoms with E-state index in [0.29, 0.717) is 0 Å². The quantitative estimate of drug-likeness (QED) is 0.259. The summed E-state index contributed by atoms with van der Waals surface area (Å²) in [5, 5.41) is 3.39. The lowest BCUT2D eigenvalue weighted by atomic mass is 9.87. The lowest BCUT2D eigenvalue weighted by Crippen LogP contribution is -2.10. The summed E-state index contributed by atoms with van der Waals surface area (Å²) in [7, 11) is 0. The largest absolute Gasteiger partial charge is 0.294 e. The number of hydrogen-bond acceptors (Lipinski definition) is 2. The van der Waals surface area contributed by atoms with Gasteiger partial charge in [0.05, 0.1) is 16.6 Å². The molecular formula is C32H26N4. The van der Waals surface area contributed by atoms with Crippen LogP contribution in [0.2, 0.25) is 0 Å². The van der Waals surface area contributed by atoms with Crippen LogP contribution in [0.25, 0.3) is 55.4 Å². The predicted octanol–water partition coefficient (Wildman–Crippen LogP) is 7.97.